The Balaban J connectivity index is 3.19. The third kappa shape index (κ3) is 11.3. The first-order valence-corrected chi connectivity index (χ1v) is 11.8. The number of aromatic hydroxyl groups is 1. The van der Waals surface area contributed by atoms with Crippen LogP contribution in [0.25, 0.3) is 0 Å². The molecule has 0 bridgehead atoms. The van der Waals surface area contributed by atoms with Crippen molar-refractivity contribution in [2.45, 2.75) is 76.7 Å². The molecule has 0 aliphatic heterocycles. The number of primary amides is 1. The molecule has 10 N–H and O–H groups in total. The molecular weight excluding hydrogens is 486 g/mol. The van der Waals surface area contributed by atoms with Crippen molar-refractivity contribution in [3.05, 3.63) is 29.8 Å². The van der Waals surface area contributed by atoms with Crippen molar-refractivity contribution in [2.24, 2.45) is 17.4 Å². The van der Waals surface area contributed by atoms with Gasteiger partial charge >= 0.3 is 5.97 Å². The number of hydrogen-bond donors (Lipinski definition) is 8. The molecule has 1 rings (SSSR count). The lowest BCUT2D eigenvalue weighted by atomic mass is 10.0. The molecule has 0 saturated carbocycles. The summed E-state index contributed by atoms with van der Waals surface area (Å²) in [6.45, 7) is 4.88. The standard InChI is InChI=1S/C24H37N5O8/c1-12(2)10-18(24(36)37)29-22(34)17(11-14-4-6-15(31)7-5-14)28-21(33)16(8-9-19(25)32)27-23(35)20(26)13(3)30/h4-7,12-13,16-18,20,30-31H,8-11,26H2,1-3H3,(H2,25,32)(H,27,35)(H,28,33)(H,29,34)(H,36,37). The number of rotatable bonds is 15. The smallest absolute Gasteiger partial charge is 0.326 e. The average Bonchev–Trinajstić information content (AvgIpc) is 2.80. The fourth-order valence-electron chi connectivity index (χ4n) is 3.36. The first-order chi connectivity index (χ1) is 17.2. The summed E-state index contributed by atoms with van der Waals surface area (Å²) in [6, 6.07) is 0.664. The highest BCUT2D eigenvalue weighted by atomic mass is 16.4. The number of carbonyl (C=O) groups excluding carboxylic acids is 4. The van der Waals surface area contributed by atoms with Gasteiger partial charge in [0.25, 0.3) is 0 Å². The van der Waals surface area contributed by atoms with Gasteiger partial charge in [0, 0.05) is 12.8 Å². The van der Waals surface area contributed by atoms with Gasteiger partial charge in [-0.25, -0.2) is 4.79 Å². The molecule has 13 heteroatoms. The van der Waals surface area contributed by atoms with Crippen LogP contribution in [0, 0.1) is 5.92 Å². The van der Waals surface area contributed by atoms with Crippen molar-refractivity contribution in [1.29, 1.82) is 0 Å². The molecule has 0 heterocycles. The lowest BCUT2D eigenvalue weighted by Gasteiger charge is -2.26. The Morgan fingerprint density at radius 1 is 0.865 bits per heavy atom. The van der Waals surface area contributed by atoms with E-state index in [1.54, 1.807) is 13.8 Å². The molecule has 1 aromatic rings. The quantitative estimate of drug-likeness (QED) is 0.133. The number of nitrogens with two attached hydrogens (primary N) is 2. The molecule has 0 aromatic heterocycles. The maximum atomic E-state index is 13.1. The second-order valence-electron chi connectivity index (χ2n) is 9.29. The third-order valence-electron chi connectivity index (χ3n) is 5.47. The van der Waals surface area contributed by atoms with Gasteiger partial charge in [-0.1, -0.05) is 26.0 Å². The van der Waals surface area contributed by atoms with Gasteiger partial charge in [-0.3, -0.25) is 19.2 Å². The number of amides is 4. The summed E-state index contributed by atoms with van der Waals surface area (Å²) in [7, 11) is 0. The van der Waals surface area contributed by atoms with Crippen LogP contribution in [0.4, 0.5) is 0 Å². The molecule has 5 unspecified atom stereocenters. The second-order valence-corrected chi connectivity index (χ2v) is 9.29. The molecule has 206 valence electrons. The summed E-state index contributed by atoms with van der Waals surface area (Å²) in [5.74, 6) is -4.52. The van der Waals surface area contributed by atoms with Crippen LogP contribution in [0.5, 0.6) is 5.75 Å². The summed E-state index contributed by atoms with van der Waals surface area (Å²) in [5, 5.41) is 35.9. The molecule has 37 heavy (non-hydrogen) atoms. The number of aliphatic hydroxyl groups excluding tert-OH is 1. The molecule has 0 radical (unpaired) electrons. The van der Waals surface area contributed by atoms with E-state index in [4.69, 9.17) is 11.5 Å². The summed E-state index contributed by atoms with van der Waals surface area (Å²) in [5.41, 5.74) is 11.3. The van der Waals surface area contributed by atoms with Crippen molar-refractivity contribution in [3.63, 3.8) is 0 Å². The Bertz CT molecular complexity index is 951. The molecule has 0 fully saturated rings. The molecule has 4 amide bonds. The molecular formula is C24H37N5O8. The fraction of sp³-hybridized carbons (Fsp3) is 0.542. The zero-order valence-corrected chi connectivity index (χ0v) is 21.1. The lowest BCUT2D eigenvalue weighted by molar-refractivity contribution is -0.142. The average molecular weight is 524 g/mol. The first kappa shape index (κ1) is 31.3. The Labute approximate surface area is 215 Å². The summed E-state index contributed by atoms with van der Waals surface area (Å²) >= 11 is 0. The topological polar surface area (TPSA) is 234 Å². The summed E-state index contributed by atoms with van der Waals surface area (Å²) in [4.78, 5) is 61.5. The van der Waals surface area contributed by atoms with E-state index in [9.17, 15) is 39.3 Å². The van der Waals surface area contributed by atoms with E-state index in [2.05, 4.69) is 16.0 Å². The van der Waals surface area contributed by atoms with Crippen LogP contribution < -0.4 is 27.4 Å². The molecule has 0 aliphatic carbocycles. The Kier molecular flexibility index (Phi) is 12.5. The van der Waals surface area contributed by atoms with E-state index in [1.807, 2.05) is 0 Å². The van der Waals surface area contributed by atoms with E-state index in [1.165, 1.54) is 31.2 Å². The van der Waals surface area contributed by atoms with E-state index in [-0.39, 0.29) is 37.4 Å². The number of nitrogens with one attached hydrogen (secondary N) is 3. The van der Waals surface area contributed by atoms with E-state index in [0.29, 0.717) is 5.56 Å². The number of phenols is 1. The minimum Gasteiger partial charge on any atom is -0.508 e. The van der Waals surface area contributed by atoms with Gasteiger partial charge in [-0.2, -0.15) is 0 Å². The van der Waals surface area contributed by atoms with Gasteiger partial charge in [0.05, 0.1) is 6.10 Å². The van der Waals surface area contributed by atoms with Gasteiger partial charge < -0.3 is 42.7 Å². The normalized spacial score (nSPS) is 15.1. The van der Waals surface area contributed by atoms with E-state index in [0.717, 1.165) is 0 Å². The van der Waals surface area contributed by atoms with Crippen LogP contribution >= 0.6 is 0 Å². The van der Waals surface area contributed by atoms with Crippen LogP contribution in [0.2, 0.25) is 0 Å². The van der Waals surface area contributed by atoms with Crippen LogP contribution in [-0.2, 0) is 30.4 Å². The molecule has 0 saturated heterocycles. The number of hydrogen-bond acceptors (Lipinski definition) is 8. The van der Waals surface area contributed by atoms with Crippen LogP contribution in [-0.4, -0.2) is 75.2 Å². The molecule has 0 aliphatic rings. The zero-order valence-electron chi connectivity index (χ0n) is 21.1. The Hall–Kier alpha value is -3.71. The number of phenolic OH excluding ortho intramolecular Hbond substituents is 1. The van der Waals surface area contributed by atoms with Gasteiger partial charge in [-0.05, 0) is 43.4 Å². The maximum Gasteiger partial charge on any atom is 0.326 e. The summed E-state index contributed by atoms with van der Waals surface area (Å²) < 4.78 is 0. The summed E-state index contributed by atoms with van der Waals surface area (Å²) in [6.07, 6.45) is -1.63. The van der Waals surface area contributed by atoms with E-state index >= 15 is 0 Å². The van der Waals surface area contributed by atoms with E-state index < -0.39 is 59.9 Å². The minimum atomic E-state index is -1.35. The van der Waals surface area contributed by atoms with Gasteiger partial charge in [0.1, 0.15) is 29.9 Å². The van der Waals surface area contributed by atoms with Crippen molar-refractivity contribution in [2.75, 3.05) is 0 Å². The Morgan fingerprint density at radius 3 is 1.86 bits per heavy atom. The van der Waals surface area contributed by atoms with Crippen molar-refractivity contribution in [1.82, 2.24) is 16.0 Å². The number of carboxylic acid groups (broad SMARTS) is 1. The highest BCUT2D eigenvalue weighted by Gasteiger charge is 2.31. The minimum absolute atomic E-state index is 0.0136. The number of carbonyl (C=O) groups is 5. The SMILES string of the molecule is CC(C)CC(NC(=O)C(Cc1ccc(O)cc1)NC(=O)C(CCC(N)=O)NC(=O)C(N)C(C)O)C(=O)O. The van der Waals surface area contributed by atoms with Crippen molar-refractivity contribution >= 4 is 29.6 Å². The first-order valence-electron chi connectivity index (χ1n) is 11.8. The lowest BCUT2D eigenvalue weighted by Crippen LogP contribution is -2.58. The molecule has 5 atom stereocenters. The predicted molar refractivity (Wildman–Crippen MR) is 133 cm³/mol. The Morgan fingerprint density at radius 2 is 1.38 bits per heavy atom. The zero-order chi connectivity index (χ0) is 28.3. The maximum absolute atomic E-state index is 13.1. The number of aliphatic hydroxyl groups is 1. The monoisotopic (exact) mass is 523 g/mol. The molecule has 1 aromatic carbocycles. The highest BCUT2D eigenvalue weighted by Crippen LogP contribution is 2.13. The largest absolute Gasteiger partial charge is 0.508 e. The van der Waals surface area contributed by atoms with Crippen molar-refractivity contribution < 1.29 is 39.3 Å². The van der Waals surface area contributed by atoms with Crippen LogP contribution in [0.3, 0.4) is 0 Å². The molecule has 13 nitrogen and oxygen atoms in total. The second kappa shape index (κ2) is 14.8. The number of carboxylic acids is 1. The van der Waals surface area contributed by atoms with Gasteiger partial charge in [0.15, 0.2) is 0 Å². The number of benzene rings is 1. The third-order valence-corrected chi connectivity index (χ3v) is 5.47. The number of aliphatic carboxylic acids is 1. The highest BCUT2D eigenvalue weighted by molar-refractivity contribution is 5.94. The predicted octanol–water partition coefficient (Wildman–Crippen LogP) is -1.51. The van der Waals surface area contributed by atoms with Gasteiger partial charge in [0.2, 0.25) is 23.6 Å². The molecule has 0 spiro atoms. The van der Waals surface area contributed by atoms with Crippen LogP contribution in [0.15, 0.2) is 24.3 Å². The fourth-order valence-corrected chi connectivity index (χ4v) is 3.36. The van der Waals surface area contributed by atoms with Crippen molar-refractivity contribution in [3.8, 4) is 5.75 Å². The van der Waals surface area contributed by atoms with Gasteiger partial charge in [-0.15, -0.1) is 0 Å². The van der Waals surface area contributed by atoms with Crippen LogP contribution in [0.1, 0.15) is 45.6 Å².